The maximum Gasteiger partial charge on any atom is 0.341 e. The first-order valence-corrected chi connectivity index (χ1v) is 8.27. The number of rotatable bonds is 6. The van der Waals surface area contributed by atoms with E-state index in [1.807, 2.05) is 0 Å². The van der Waals surface area contributed by atoms with Crippen molar-refractivity contribution in [1.82, 2.24) is 4.98 Å². The molecule has 0 bridgehead atoms. The second-order valence-electron chi connectivity index (χ2n) is 5.26. The zero-order valence-electron chi connectivity index (χ0n) is 14.2. The van der Waals surface area contributed by atoms with Gasteiger partial charge in [0.15, 0.2) is 11.9 Å². The molecule has 1 atom stereocenters. The summed E-state index contributed by atoms with van der Waals surface area (Å²) in [4.78, 5) is 38.7. The van der Waals surface area contributed by atoms with Gasteiger partial charge in [0.1, 0.15) is 0 Å². The first kappa shape index (κ1) is 20.4. The molecule has 0 fully saturated rings. The topological polar surface area (TPSA) is 123 Å². The molecule has 0 saturated carbocycles. The lowest BCUT2D eigenvalue weighted by molar-refractivity contribution is -0.384. The maximum atomic E-state index is 12.4. The molecule has 1 aromatic heterocycles. The molecule has 0 unspecified atom stereocenters. The summed E-state index contributed by atoms with van der Waals surface area (Å²) in [6.45, 7) is 1.34. The van der Waals surface area contributed by atoms with Crippen molar-refractivity contribution in [3.63, 3.8) is 0 Å². The number of nitro benzene ring substituents is 1. The van der Waals surface area contributed by atoms with Crippen molar-refractivity contribution in [3.05, 3.63) is 56.2 Å². The Kier molecular flexibility index (Phi) is 6.54. The van der Waals surface area contributed by atoms with Crippen LogP contribution in [0.4, 0.5) is 17.2 Å². The van der Waals surface area contributed by atoms with Gasteiger partial charge in [-0.15, -0.1) is 0 Å². The van der Waals surface area contributed by atoms with Crippen LogP contribution in [-0.4, -0.2) is 34.9 Å². The normalized spacial score (nSPS) is 11.4. The van der Waals surface area contributed by atoms with E-state index in [0.717, 1.165) is 6.07 Å². The summed E-state index contributed by atoms with van der Waals surface area (Å²) < 4.78 is 5.10. The van der Waals surface area contributed by atoms with Crippen LogP contribution in [0.15, 0.2) is 30.5 Å². The summed E-state index contributed by atoms with van der Waals surface area (Å²) in [5, 5.41) is 16.5. The van der Waals surface area contributed by atoms with Crippen LogP contribution in [0, 0.1) is 10.1 Å². The van der Waals surface area contributed by atoms with E-state index in [0.29, 0.717) is 10.7 Å². The van der Waals surface area contributed by atoms with Gasteiger partial charge < -0.3 is 15.4 Å². The first-order valence-electron chi connectivity index (χ1n) is 7.52. The number of amides is 1. The fourth-order valence-corrected chi connectivity index (χ4v) is 2.46. The van der Waals surface area contributed by atoms with Gasteiger partial charge >= 0.3 is 5.97 Å². The van der Waals surface area contributed by atoms with Crippen LogP contribution in [0.3, 0.4) is 0 Å². The Morgan fingerprint density at radius 1 is 1.30 bits per heavy atom. The number of nitrogens with one attached hydrogen (secondary N) is 2. The molecule has 142 valence electrons. The van der Waals surface area contributed by atoms with E-state index in [2.05, 4.69) is 15.6 Å². The monoisotopic (exact) mass is 412 g/mol. The number of benzene rings is 1. The number of esters is 1. The molecular formula is C16H14Cl2N4O5. The SMILES string of the molecule is CNc1ccc([N+](=O)[O-])cc1C(=O)O[C@H](C)C(=O)Nc1ncc(Cl)cc1Cl. The van der Waals surface area contributed by atoms with Crippen LogP contribution in [0.5, 0.6) is 0 Å². The Labute approximate surface area is 163 Å². The molecule has 2 N–H and O–H groups in total. The van der Waals surface area contributed by atoms with Crippen LogP contribution < -0.4 is 10.6 Å². The molecule has 0 spiro atoms. The molecule has 1 heterocycles. The number of halogens is 2. The zero-order valence-corrected chi connectivity index (χ0v) is 15.7. The molecular weight excluding hydrogens is 399 g/mol. The van der Waals surface area contributed by atoms with Crippen molar-refractivity contribution in [2.45, 2.75) is 13.0 Å². The van der Waals surface area contributed by atoms with Gasteiger partial charge in [0.05, 0.1) is 20.5 Å². The lowest BCUT2D eigenvalue weighted by atomic mass is 10.1. The Balaban J connectivity index is 2.13. The largest absolute Gasteiger partial charge is 0.449 e. The molecule has 0 aliphatic carbocycles. The second kappa shape index (κ2) is 8.65. The van der Waals surface area contributed by atoms with E-state index in [1.165, 1.54) is 31.3 Å². The van der Waals surface area contributed by atoms with Crippen LogP contribution in [0.25, 0.3) is 0 Å². The number of carbonyl (C=O) groups excluding carboxylic acids is 2. The van der Waals surface area contributed by atoms with Gasteiger partial charge in [0.25, 0.3) is 11.6 Å². The van der Waals surface area contributed by atoms with Crippen molar-refractivity contribution in [2.75, 3.05) is 17.7 Å². The number of pyridine rings is 1. The number of non-ortho nitro benzene ring substituents is 1. The summed E-state index contributed by atoms with van der Waals surface area (Å²) >= 11 is 11.7. The average Bonchev–Trinajstić information content (AvgIpc) is 2.63. The highest BCUT2D eigenvalue weighted by Gasteiger charge is 2.23. The summed E-state index contributed by atoms with van der Waals surface area (Å²) in [5.41, 5.74) is -0.0372. The number of aromatic nitrogens is 1. The third-order valence-corrected chi connectivity index (χ3v) is 3.90. The third-order valence-electron chi connectivity index (χ3n) is 3.41. The Hall–Kier alpha value is -2.91. The van der Waals surface area contributed by atoms with E-state index in [4.69, 9.17) is 27.9 Å². The summed E-state index contributed by atoms with van der Waals surface area (Å²) in [6, 6.07) is 5.07. The highest BCUT2D eigenvalue weighted by molar-refractivity contribution is 6.36. The number of carbonyl (C=O) groups is 2. The van der Waals surface area contributed by atoms with Crippen molar-refractivity contribution in [3.8, 4) is 0 Å². The van der Waals surface area contributed by atoms with E-state index >= 15 is 0 Å². The fraction of sp³-hybridized carbons (Fsp3) is 0.188. The molecule has 2 rings (SSSR count). The molecule has 9 nitrogen and oxygen atoms in total. The van der Waals surface area contributed by atoms with Crippen molar-refractivity contribution in [1.29, 1.82) is 0 Å². The molecule has 0 aliphatic heterocycles. The van der Waals surface area contributed by atoms with E-state index in [-0.39, 0.29) is 22.1 Å². The standard InChI is InChI=1S/C16H14Cl2N4O5/c1-8(15(23)21-14-12(18)5-9(17)7-20-14)27-16(24)11-6-10(22(25)26)3-4-13(11)19-2/h3-8,19H,1-2H3,(H,20,21,23)/t8-/m1/s1. The minimum absolute atomic E-state index is 0.0558. The number of nitrogens with zero attached hydrogens (tertiary/aromatic N) is 2. The van der Waals surface area contributed by atoms with E-state index in [9.17, 15) is 19.7 Å². The Morgan fingerprint density at radius 2 is 2.00 bits per heavy atom. The molecule has 27 heavy (non-hydrogen) atoms. The highest BCUT2D eigenvalue weighted by Crippen LogP contribution is 2.24. The van der Waals surface area contributed by atoms with Crippen LogP contribution in [0.2, 0.25) is 10.0 Å². The van der Waals surface area contributed by atoms with Gasteiger partial charge in [0, 0.05) is 31.1 Å². The Bertz CT molecular complexity index is 906. The fourth-order valence-electron chi connectivity index (χ4n) is 2.04. The van der Waals surface area contributed by atoms with Crippen molar-refractivity contribution >= 4 is 52.3 Å². The second-order valence-corrected chi connectivity index (χ2v) is 6.10. The molecule has 11 heteroatoms. The molecule has 1 amide bonds. The maximum absolute atomic E-state index is 12.4. The first-order chi connectivity index (χ1) is 12.7. The number of hydrogen-bond acceptors (Lipinski definition) is 7. The zero-order chi connectivity index (χ0) is 20.1. The van der Waals surface area contributed by atoms with Gasteiger partial charge in [-0.25, -0.2) is 9.78 Å². The minimum Gasteiger partial charge on any atom is -0.449 e. The number of hydrogen-bond donors (Lipinski definition) is 2. The van der Waals surface area contributed by atoms with Crippen LogP contribution in [-0.2, 0) is 9.53 Å². The lowest BCUT2D eigenvalue weighted by Gasteiger charge is -2.15. The predicted molar refractivity (Wildman–Crippen MR) is 100 cm³/mol. The molecule has 1 aromatic carbocycles. The van der Waals surface area contributed by atoms with Crippen molar-refractivity contribution in [2.24, 2.45) is 0 Å². The van der Waals surface area contributed by atoms with E-state index in [1.54, 1.807) is 7.05 Å². The minimum atomic E-state index is -1.21. The smallest absolute Gasteiger partial charge is 0.341 e. The van der Waals surface area contributed by atoms with Gasteiger partial charge in [-0.2, -0.15) is 0 Å². The third kappa shape index (κ3) is 5.05. The number of nitro groups is 1. The summed E-state index contributed by atoms with van der Waals surface area (Å²) in [7, 11) is 1.54. The molecule has 2 aromatic rings. The van der Waals surface area contributed by atoms with Gasteiger partial charge in [-0.1, -0.05) is 23.2 Å². The quantitative estimate of drug-likeness (QED) is 0.422. The average molecular weight is 413 g/mol. The van der Waals surface area contributed by atoms with Crippen LogP contribution >= 0.6 is 23.2 Å². The summed E-state index contributed by atoms with van der Waals surface area (Å²) in [6.07, 6.45) is 0.0807. The molecule has 0 radical (unpaired) electrons. The highest BCUT2D eigenvalue weighted by atomic mass is 35.5. The predicted octanol–water partition coefficient (Wildman–Crippen LogP) is 3.52. The van der Waals surface area contributed by atoms with Gasteiger partial charge in [-0.3, -0.25) is 14.9 Å². The summed E-state index contributed by atoms with van der Waals surface area (Å²) in [5.74, 6) is -1.53. The number of ether oxygens (including phenoxy) is 1. The number of anilines is 2. The van der Waals surface area contributed by atoms with Gasteiger partial charge in [0.2, 0.25) is 0 Å². The van der Waals surface area contributed by atoms with Crippen molar-refractivity contribution < 1.29 is 19.2 Å². The Morgan fingerprint density at radius 3 is 2.59 bits per heavy atom. The van der Waals surface area contributed by atoms with Gasteiger partial charge in [-0.05, 0) is 19.1 Å². The van der Waals surface area contributed by atoms with Crippen LogP contribution in [0.1, 0.15) is 17.3 Å². The molecule has 0 aliphatic rings. The lowest BCUT2D eigenvalue weighted by Crippen LogP contribution is -2.30. The molecule has 0 saturated heterocycles. The van der Waals surface area contributed by atoms with E-state index < -0.39 is 22.9 Å².